The van der Waals surface area contributed by atoms with E-state index in [-0.39, 0.29) is 12.0 Å². The summed E-state index contributed by atoms with van der Waals surface area (Å²) in [5.41, 5.74) is 0.964. The number of likely N-dealkylation sites (tertiary alicyclic amines) is 1. The molecular weight excluding hydrogens is 310 g/mol. The molecule has 1 aromatic carbocycles. The maximum absolute atomic E-state index is 12.2. The molecule has 0 bridgehead atoms. The Bertz CT molecular complexity index is 561. The Labute approximate surface area is 143 Å². The van der Waals surface area contributed by atoms with E-state index >= 15 is 0 Å². The smallest absolute Gasteiger partial charge is 0.323 e. The minimum absolute atomic E-state index is 0.142. The molecule has 6 heteroatoms. The molecule has 0 unspecified atom stereocenters. The van der Waals surface area contributed by atoms with Crippen LogP contribution >= 0.6 is 0 Å². The van der Waals surface area contributed by atoms with Crippen molar-refractivity contribution in [2.24, 2.45) is 0 Å². The lowest BCUT2D eigenvalue weighted by molar-refractivity contribution is -0.151. The molecule has 24 heavy (non-hydrogen) atoms. The van der Waals surface area contributed by atoms with Gasteiger partial charge >= 0.3 is 5.97 Å². The van der Waals surface area contributed by atoms with Crippen LogP contribution in [-0.2, 0) is 16.1 Å². The van der Waals surface area contributed by atoms with Crippen molar-refractivity contribution < 1.29 is 23.7 Å². The summed E-state index contributed by atoms with van der Waals surface area (Å²) in [6, 6.07) is 3.62. The second-order valence-corrected chi connectivity index (χ2v) is 5.73. The number of carbonyl (C=O) groups excluding carboxylic acids is 1. The van der Waals surface area contributed by atoms with Crippen LogP contribution in [0.2, 0.25) is 0 Å². The van der Waals surface area contributed by atoms with Crippen LogP contribution in [0.4, 0.5) is 0 Å². The second kappa shape index (κ2) is 8.78. The number of rotatable bonds is 7. The van der Waals surface area contributed by atoms with Gasteiger partial charge in [-0.25, -0.2) is 0 Å². The average Bonchev–Trinajstić information content (AvgIpc) is 2.61. The van der Waals surface area contributed by atoms with Gasteiger partial charge in [-0.05, 0) is 32.4 Å². The molecular formula is C18H27NO5. The van der Waals surface area contributed by atoms with Crippen LogP contribution in [-0.4, -0.2) is 51.4 Å². The van der Waals surface area contributed by atoms with Gasteiger partial charge in [0, 0.05) is 12.1 Å². The third kappa shape index (κ3) is 3.93. The van der Waals surface area contributed by atoms with E-state index in [2.05, 4.69) is 4.90 Å². The van der Waals surface area contributed by atoms with Gasteiger partial charge in [0.15, 0.2) is 11.5 Å². The molecule has 1 saturated heterocycles. The van der Waals surface area contributed by atoms with E-state index in [1.54, 1.807) is 21.3 Å². The van der Waals surface area contributed by atoms with Crippen LogP contribution in [0.1, 0.15) is 31.7 Å². The first-order valence-corrected chi connectivity index (χ1v) is 8.34. The highest BCUT2D eigenvalue weighted by Crippen LogP contribution is 2.40. The van der Waals surface area contributed by atoms with Gasteiger partial charge in [-0.2, -0.15) is 0 Å². The molecule has 1 heterocycles. The topological polar surface area (TPSA) is 57.2 Å². The lowest BCUT2D eigenvalue weighted by Gasteiger charge is -2.34. The normalized spacial score (nSPS) is 18.1. The maximum atomic E-state index is 12.2. The Balaban J connectivity index is 2.26. The number of benzene rings is 1. The van der Waals surface area contributed by atoms with Gasteiger partial charge in [0.2, 0.25) is 5.75 Å². The van der Waals surface area contributed by atoms with Crippen LogP contribution in [0.15, 0.2) is 12.1 Å². The minimum atomic E-state index is -0.198. The van der Waals surface area contributed by atoms with Gasteiger partial charge in [0.1, 0.15) is 6.04 Å². The SMILES string of the molecule is CCOC(=O)[C@@H]1CCCCN1Cc1ccc(OC)c(OC)c1OC. The van der Waals surface area contributed by atoms with E-state index < -0.39 is 0 Å². The van der Waals surface area contributed by atoms with Crippen LogP contribution < -0.4 is 14.2 Å². The fourth-order valence-electron chi connectivity index (χ4n) is 3.19. The second-order valence-electron chi connectivity index (χ2n) is 5.73. The fraction of sp³-hybridized carbons (Fsp3) is 0.611. The molecule has 134 valence electrons. The quantitative estimate of drug-likeness (QED) is 0.713. The molecule has 1 fully saturated rings. The monoisotopic (exact) mass is 337 g/mol. The summed E-state index contributed by atoms with van der Waals surface area (Å²) in [6.45, 7) is 3.71. The Morgan fingerprint density at radius 1 is 1.12 bits per heavy atom. The van der Waals surface area contributed by atoms with Crippen molar-refractivity contribution in [3.63, 3.8) is 0 Å². The third-order valence-electron chi connectivity index (χ3n) is 4.33. The van der Waals surface area contributed by atoms with E-state index in [1.165, 1.54) is 0 Å². The molecule has 1 aromatic rings. The Morgan fingerprint density at radius 3 is 2.50 bits per heavy atom. The highest BCUT2D eigenvalue weighted by molar-refractivity contribution is 5.76. The van der Waals surface area contributed by atoms with Gasteiger partial charge in [-0.15, -0.1) is 0 Å². The number of carbonyl (C=O) groups is 1. The first-order valence-electron chi connectivity index (χ1n) is 8.34. The first-order chi connectivity index (χ1) is 11.7. The van der Waals surface area contributed by atoms with E-state index in [0.29, 0.717) is 30.4 Å². The lowest BCUT2D eigenvalue weighted by atomic mass is 10.0. The zero-order valence-electron chi connectivity index (χ0n) is 15.0. The highest BCUT2D eigenvalue weighted by Gasteiger charge is 2.31. The van der Waals surface area contributed by atoms with Crippen LogP contribution in [0.25, 0.3) is 0 Å². The minimum Gasteiger partial charge on any atom is -0.493 e. The molecule has 2 rings (SSSR count). The standard InChI is InChI=1S/C18H27NO5/c1-5-24-18(20)14-8-6-7-11-19(14)12-13-9-10-15(21-2)17(23-4)16(13)22-3/h9-10,14H,5-8,11-12H2,1-4H3/t14-/m0/s1. The van der Waals surface area contributed by atoms with E-state index in [0.717, 1.165) is 31.4 Å². The van der Waals surface area contributed by atoms with Crippen molar-refractivity contribution in [2.45, 2.75) is 38.8 Å². The van der Waals surface area contributed by atoms with Crippen molar-refractivity contribution in [3.05, 3.63) is 17.7 Å². The molecule has 0 saturated carbocycles. The van der Waals surface area contributed by atoms with E-state index in [9.17, 15) is 4.79 Å². The maximum Gasteiger partial charge on any atom is 0.323 e. The number of esters is 1. The van der Waals surface area contributed by atoms with Crippen LogP contribution in [0.5, 0.6) is 17.2 Å². The lowest BCUT2D eigenvalue weighted by Crippen LogP contribution is -2.45. The number of ether oxygens (including phenoxy) is 4. The molecule has 6 nitrogen and oxygen atoms in total. The number of hydrogen-bond acceptors (Lipinski definition) is 6. The van der Waals surface area contributed by atoms with Crippen molar-refractivity contribution in [1.29, 1.82) is 0 Å². The molecule has 0 radical (unpaired) electrons. The van der Waals surface area contributed by atoms with E-state index in [1.807, 2.05) is 19.1 Å². The first kappa shape index (κ1) is 18.4. The van der Waals surface area contributed by atoms with Gasteiger partial charge in [0.25, 0.3) is 0 Å². The summed E-state index contributed by atoms with van der Waals surface area (Å²) in [4.78, 5) is 14.4. The Kier molecular flexibility index (Phi) is 6.73. The highest BCUT2D eigenvalue weighted by atomic mass is 16.5. The Hall–Kier alpha value is -1.95. The van der Waals surface area contributed by atoms with Crippen LogP contribution in [0.3, 0.4) is 0 Å². The van der Waals surface area contributed by atoms with Gasteiger partial charge in [-0.3, -0.25) is 9.69 Å². The number of nitrogens with zero attached hydrogens (tertiary/aromatic N) is 1. The molecule has 0 N–H and O–H groups in total. The molecule has 0 aromatic heterocycles. The van der Waals surface area contributed by atoms with Crippen molar-refractivity contribution in [3.8, 4) is 17.2 Å². The van der Waals surface area contributed by atoms with E-state index in [4.69, 9.17) is 18.9 Å². The third-order valence-corrected chi connectivity index (χ3v) is 4.33. The Morgan fingerprint density at radius 2 is 1.88 bits per heavy atom. The number of piperidine rings is 1. The summed E-state index contributed by atoms with van der Waals surface area (Å²) < 4.78 is 21.5. The zero-order valence-corrected chi connectivity index (χ0v) is 15.0. The molecule has 1 aliphatic rings. The summed E-state index contributed by atoms with van der Waals surface area (Å²) in [5.74, 6) is 1.70. The number of hydrogen-bond donors (Lipinski definition) is 0. The number of methoxy groups -OCH3 is 3. The average molecular weight is 337 g/mol. The predicted octanol–water partition coefficient (Wildman–Crippen LogP) is 2.63. The van der Waals surface area contributed by atoms with Crippen molar-refractivity contribution in [2.75, 3.05) is 34.5 Å². The van der Waals surface area contributed by atoms with Gasteiger partial charge < -0.3 is 18.9 Å². The molecule has 0 amide bonds. The summed E-state index contributed by atoms with van der Waals surface area (Å²) in [5, 5.41) is 0. The molecule has 1 aliphatic heterocycles. The summed E-state index contributed by atoms with van der Waals surface area (Å²) in [6.07, 6.45) is 2.95. The van der Waals surface area contributed by atoms with Crippen molar-refractivity contribution in [1.82, 2.24) is 4.90 Å². The molecule has 0 spiro atoms. The fourth-order valence-corrected chi connectivity index (χ4v) is 3.19. The zero-order chi connectivity index (χ0) is 17.5. The van der Waals surface area contributed by atoms with Crippen LogP contribution in [0, 0.1) is 0 Å². The van der Waals surface area contributed by atoms with Crippen molar-refractivity contribution >= 4 is 5.97 Å². The summed E-state index contributed by atoms with van der Waals surface area (Å²) >= 11 is 0. The molecule has 1 atom stereocenters. The largest absolute Gasteiger partial charge is 0.493 e. The summed E-state index contributed by atoms with van der Waals surface area (Å²) in [7, 11) is 4.80. The molecule has 0 aliphatic carbocycles. The predicted molar refractivity (Wildman–Crippen MR) is 90.8 cm³/mol. The van der Waals surface area contributed by atoms with Gasteiger partial charge in [0.05, 0.1) is 27.9 Å². The van der Waals surface area contributed by atoms with Gasteiger partial charge in [-0.1, -0.05) is 12.5 Å².